The number of carbonyl (C=O) groups excluding carboxylic acids is 1. The lowest BCUT2D eigenvalue weighted by molar-refractivity contribution is -0.138. The van der Waals surface area contributed by atoms with Gasteiger partial charge in [0.05, 0.1) is 0 Å². The van der Waals surface area contributed by atoms with Crippen molar-refractivity contribution in [1.29, 1.82) is 0 Å². The molecule has 1 heterocycles. The predicted molar refractivity (Wildman–Crippen MR) is 136 cm³/mol. The number of benzene rings is 1. The van der Waals surface area contributed by atoms with E-state index in [1.54, 1.807) is 0 Å². The summed E-state index contributed by atoms with van der Waals surface area (Å²) in [6.45, 7) is 12.9. The first kappa shape index (κ1) is 26.4. The van der Waals surface area contributed by atoms with E-state index in [0.29, 0.717) is 6.47 Å². The van der Waals surface area contributed by atoms with E-state index in [-0.39, 0.29) is 12.9 Å². The number of piperazine rings is 1. The van der Waals surface area contributed by atoms with E-state index in [9.17, 15) is 4.79 Å². The Morgan fingerprint density at radius 2 is 1.74 bits per heavy atom. The van der Waals surface area contributed by atoms with Crippen LogP contribution < -0.4 is 9.99 Å². The van der Waals surface area contributed by atoms with Crippen LogP contribution in [0, 0.1) is 0 Å². The predicted octanol–water partition coefficient (Wildman–Crippen LogP) is 5.74. The normalized spacial score (nSPS) is 19.7. The summed E-state index contributed by atoms with van der Waals surface area (Å²) in [6.07, 6.45) is 8.41. The molecule has 2 fully saturated rings. The Balaban J connectivity index is 0.000000423. The van der Waals surface area contributed by atoms with Gasteiger partial charge in [-0.05, 0) is 65.5 Å². The van der Waals surface area contributed by atoms with Crippen LogP contribution in [0.5, 0.6) is 0 Å². The first-order chi connectivity index (χ1) is 14.8. The van der Waals surface area contributed by atoms with Crippen LogP contribution in [0.2, 0.25) is 0 Å². The molecule has 0 bridgehead atoms. The van der Waals surface area contributed by atoms with Crippen LogP contribution in [0.1, 0.15) is 59.3 Å². The number of likely N-dealkylation sites (N-methyl/N-ethyl adjacent to an activating group) is 1. The Hall–Kier alpha value is -0.810. The highest BCUT2D eigenvalue weighted by Crippen LogP contribution is 2.49. The summed E-state index contributed by atoms with van der Waals surface area (Å²) in [5.74, 6) is 0. The van der Waals surface area contributed by atoms with Gasteiger partial charge in [0.15, 0.2) is 0 Å². The van der Waals surface area contributed by atoms with Gasteiger partial charge >= 0.3 is 0 Å². The minimum absolute atomic E-state index is 0.189. The van der Waals surface area contributed by atoms with Crippen LogP contribution in [0.4, 0.5) is 5.69 Å². The van der Waals surface area contributed by atoms with Gasteiger partial charge in [-0.2, -0.15) is 0 Å². The maximum atomic E-state index is 9.60. The molecule has 31 heavy (non-hydrogen) atoms. The van der Waals surface area contributed by atoms with Gasteiger partial charge in [-0.15, -0.1) is 0 Å². The molecule has 1 aromatic rings. The highest BCUT2D eigenvalue weighted by Gasteiger charge is 2.17. The molecule has 3 rings (SSSR count). The molecule has 0 radical (unpaired) electrons. The van der Waals surface area contributed by atoms with Crippen LogP contribution in [0.15, 0.2) is 29.2 Å². The van der Waals surface area contributed by atoms with E-state index in [2.05, 4.69) is 57.6 Å². The molecule has 0 amide bonds. The Kier molecular flexibility index (Phi) is 11.7. The lowest BCUT2D eigenvalue weighted by Gasteiger charge is -2.34. The molecule has 0 aromatic heterocycles. The standard InChI is InChI=1S/C19H32N3PS.C5H10O2/c1-21-12-14-22(15-13-21)18-10-7-11-19(16-18)24-23(2)20-17-8-5-3-4-6-9-17;1-5(2,3)7-4-6/h7,10-11,16-17,20H,3-6,8-9,12-15H2,1-2H3;4H,1-3H3. The zero-order valence-electron chi connectivity index (χ0n) is 20.1. The van der Waals surface area contributed by atoms with Crippen LogP contribution in [-0.4, -0.2) is 62.9 Å². The third-order valence-corrected chi connectivity index (χ3v) is 8.79. The van der Waals surface area contributed by atoms with Crippen LogP contribution in [0.25, 0.3) is 0 Å². The number of anilines is 1. The summed E-state index contributed by atoms with van der Waals surface area (Å²) < 4.78 is 4.55. The molecule has 1 saturated heterocycles. The Morgan fingerprint density at radius 1 is 1.10 bits per heavy atom. The van der Waals surface area contributed by atoms with Gasteiger partial charge in [0.1, 0.15) is 5.60 Å². The number of hydrogen-bond donors (Lipinski definition) is 1. The monoisotopic (exact) mass is 467 g/mol. The summed E-state index contributed by atoms with van der Waals surface area (Å²) >= 11 is 2.04. The Labute approximate surface area is 195 Å². The van der Waals surface area contributed by atoms with E-state index in [1.807, 2.05) is 32.2 Å². The molecule has 5 nitrogen and oxygen atoms in total. The second-order valence-corrected chi connectivity index (χ2v) is 13.6. The van der Waals surface area contributed by atoms with Crippen molar-refractivity contribution in [3.05, 3.63) is 24.3 Å². The van der Waals surface area contributed by atoms with Crippen molar-refractivity contribution in [2.75, 3.05) is 44.8 Å². The average Bonchev–Trinajstić information content (AvgIpc) is 2.97. The minimum Gasteiger partial charge on any atom is -0.462 e. The van der Waals surface area contributed by atoms with Gasteiger partial charge in [-0.1, -0.05) is 43.1 Å². The topological polar surface area (TPSA) is 44.8 Å². The van der Waals surface area contributed by atoms with Gasteiger partial charge in [0.25, 0.3) is 6.47 Å². The van der Waals surface area contributed by atoms with Crippen molar-refractivity contribution in [2.45, 2.75) is 75.8 Å². The second kappa shape index (κ2) is 13.7. The summed E-state index contributed by atoms with van der Waals surface area (Å²) in [4.78, 5) is 16.0. The van der Waals surface area contributed by atoms with Crippen molar-refractivity contribution < 1.29 is 9.53 Å². The highest BCUT2D eigenvalue weighted by molar-refractivity contribution is 8.55. The molecule has 176 valence electrons. The fourth-order valence-electron chi connectivity index (χ4n) is 3.80. The van der Waals surface area contributed by atoms with Gasteiger partial charge in [-0.25, -0.2) is 0 Å². The summed E-state index contributed by atoms with van der Waals surface area (Å²) in [6, 6.07) is 9.91. The third-order valence-electron chi connectivity index (χ3n) is 5.55. The van der Waals surface area contributed by atoms with Crippen molar-refractivity contribution >= 4 is 30.8 Å². The summed E-state index contributed by atoms with van der Waals surface area (Å²) in [5, 5.41) is 3.92. The molecule has 7 heteroatoms. The van der Waals surface area contributed by atoms with Crippen LogP contribution in [-0.2, 0) is 9.53 Å². The minimum atomic E-state index is -0.318. The van der Waals surface area contributed by atoms with Gasteiger partial charge < -0.3 is 14.5 Å². The molecule has 0 spiro atoms. The second-order valence-electron chi connectivity index (χ2n) is 9.52. The maximum Gasteiger partial charge on any atom is 0.293 e. The molecule has 2 aliphatic rings. The zero-order chi connectivity index (χ0) is 22.7. The molecule has 1 saturated carbocycles. The molecular weight excluding hydrogens is 425 g/mol. The van der Waals surface area contributed by atoms with E-state index in [4.69, 9.17) is 0 Å². The number of ether oxygens (including phenoxy) is 1. The third kappa shape index (κ3) is 11.1. The molecule has 1 aliphatic carbocycles. The first-order valence-corrected chi connectivity index (χ1v) is 14.8. The number of nitrogens with zero attached hydrogens (tertiary/aromatic N) is 2. The quantitative estimate of drug-likeness (QED) is 0.327. The SMILES string of the molecule is CC(C)(C)OC=O.CN1CCN(c2cccc(SP(C)NC3CCCCCC3)c2)CC1. The van der Waals surface area contributed by atoms with Gasteiger partial charge in [0.2, 0.25) is 0 Å². The van der Waals surface area contributed by atoms with Crippen LogP contribution in [0.3, 0.4) is 0 Å². The zero-order valence-corrected chi connectivity index (χ0v) is 21.8. The maximum absolute atomic E-state index is 9.60. The highest BCUT2D eigenvalue weighted by atomic mass is 32.7. The van der Waals surface area contributed by atoms with Crippen LogP contribution >= 0.6 is 18.7 Å². The van der Waals surface area contributed by atoms with E-state index in [1.165, 1.54) is 62.2 Å². The van der Waals surface area contributed by atoms with Gasteiger partial charge in [0, 0.05) is 50.1 Å². The molecule has 1 unspecified atom stereocenters. The summed E-state index contributed by atoms with van der Waals surface area (Å²) in [7, 11) is 2.03. The van der Waals surface area contributed by atoms with Crippen molar-refractivity contribution in [2.24, 2.45) is 0 Å². The fraction of sp³-hybridized carbons (Fsp3) is 0.708. The lowest BCUT2D eigenvalue weighted by Crippen LogP contribution is -2.44. The Morgan fingerprint density at radius 3 is 2.29 bits per heavy atom. The number of hydrogen-bond acceptors (Lipinski definition) is 6. The van der Waals surface area contributed by atoms with Gasteiger partial charge in [-0.3, -0.25) is 9.88 Å². The fourth-order valence-corrected chi connectivity index (χ4v) is 7.14. The number of nitrogens with one attached hydrogen (secondary N) is 1. The Bertz CT molecular complexity index is 640. The smallest absolute Gasteiger partial charge is 0.293 e. The molecular formula is C24H42N3O2PS. The average molecular weight is 468 g/mol. The first-order valence-electron chi connectivity index (χ1n) is 11.6. The lowest BCUT2D eigenvalue weighted by atomic mass is 10.1. The van der Waals surface area contributed by atoms with E-state index in [0.717, 1.165) is 19.1 Å². The van der Waals surface area contributed by atoms with Crippen molar-refractivity contribution in [3.63, 3.8) is 0 Å². The van der Waals surface area contributed by atoms with Crippen molar-refractivity contribution in [1.82, 2.24) is 9.99 Å². The van der Waals surface area contributed by atoms with E-state index < -0.39 is 0 Å². The molecule has 1 aromatic carbocycles. The van der Waals surface area contributed by atoms with Crippen molar-refractivity contribution in [3.8, 4) is 0 Å². The summed E-state index contributed by atoms with van der Waals surface area (Å²) in [5.41, 5.74) is 1.08. The number of rotatable bonds is 6. The largest absolute Gasteiger partial charge is 0.462 e. The molecule has 1 aliphatic heterocycles. The molecule has 1 N–H and O–H groups in total. The molecule has 1 atom stereocenters. The number of carbonyl (C=O) groups is 1. The van der Waals surface area contributed by atoms with E-state index >= 15 is 0 Å².